The van der Waals surface area contributed by atoms with Crippen LogP contribution in [-0.2, 0) is 6.54 Å². The van der Waals surface area contributed by atoms with E-state index in [4.69, 9.17) is 4.74 Å². The van der Waals surface area contributed by atoms with E-state index in [1.54, 1.807) is 18.6 Å². The molecule has 2 aliphatic heterocycles. The maximum Gasteiger partial charge on any atom is 0.284 e. The lowest BCUT2D eigenvalue weighted by Gasteiger charge is -2.22. The van der Waals surface area contributed by atoms with Gasteiger partial charge in [0.2, 0.25) is 5.13 Å². The summed E-state index contributed by atoms with van der Waals surface area (Å²) in [5.74, 6) is 0.504. The first-order chi connectivity index (χ1) is 14.5. The number of para-hydroxylation sites is 1. The van der Waals surface area contributed by atoms with Crippen LogP contribution >= 0.6 is 11.3 Å². The number of hydrogen-bond donors (Lipinski definition) is 0. The largest absolute Gasteiger partial charge is 0.860 e. The molecule has 0 atom stereocenters. The molecule has 0 fully saturated rings. The van der Waals surface area contributed by atoms with Gasteiger partial charge in [0.1, 0.15) is 5.75 Å². The van der Waals surface area contributed by atoms with Crippen LogP contribution in [0.3, 0.4) is 0 Å². The normalized spacial score (nSPS) is 11.4. The second-order valence-corrected chi connectivity index (χ2v) is 7.96. The van der Waals surface area contributed by atoms with Gasteiger partial charge in [0.25, 0.3) is 5.56 Å². The molecule has 0 bridgehead atoms. The Hall–Kier alpha value is -3.65. The lowest BCUT2D eigenvalue weighted by Crippen LogP contribution is -2.18. The SMILES string of the molecule is COc1cccc(Cn2c([O-])cc3nn(-c4nc5ccccc5s4)c(=O)c-3c2C)c1. The van der Waals surface area contributed by atoms with Gasteiger partial charge in [-0.2, -0.15) is 9.78 Å². The van der Waals surface area contributed by atoms with Crippen molar-refractivity contribution in [2.75, 3.05) is 7.11 Å². The first-order valence-electron chi connectivity index (χ1n) is 9.34. The van der Waals surface area contributed by atoms with Gasteiger partial charge in [-0.15, -0.1) is 0 Å². The van der Waals surface area contributed by atoms with E-state index in [-0.39, 0.29) is 11.4 Å². The minimum Gasteiger partial charge on any atom is -0.860 e. The molecular formula is C22H17N4O3S-. The number of ether oxygens (including phenoxy) is 1. The summed E-state index contributed by atoms with van der Waals surface area (Å²) in [6.07, 6.45) is 0. The van der Waals surface area contributed by atoms with Crippen LogP contribution in [0.25, 0.3) is 26.6 Å². The monoisotopic (exact) mass is 417 g/mol. The molecule has 2 aromatic carbocycles. The highest BCUT2D eigenvalue weighted by atomic mass is 32.1. The Labute approximate surface area is 175 Å². The standard InChI is InChI=1S/C22H18N4O3S/c1-13-20-17(11-19(27)25(13)12-14-6-5-7-15(10-14)29-2)24-26(21(20)28)22-23-16-8-3-4-9-18(16)30-22/h3-11,27H,12H2,1-2H3/p-1. The van der Waals surface area contributed by atoms with Crippen LogP contribution in [0, 0.1) is 6.92 Å². The van der Waals surface area contributed by atoms with Crippen molar-refractivity contribution in [2.24, 2.45) is 0 Å². The fraction of sp³-hybridized carbons (Fsp3) is 0.136. The van der Waals surface area contributed by atoms with Gasteiger partial charge < -0.3 is 14.4 Å². The third kappa shape index (κ3) is 2.93. The van der Waals surface area contributed by atoms with Crippen molar-refractivity contribution in [3.8, 4) is 28.0 Å². The van der Waals surface area contributed by atoms with Crippen LogP contribution in [-0.4, -0.2) is 26.4 Å². The van der Waals surface area contributed by atoms with E-state index in [0.717, 1.165) is 15.8 Å². The number of rotatable bonds is 4. The molecule has 0 saturated carbocycles. The molecule has 0 N–H and O–H groups in total. The molecule has 0 amide bonds. The highest BCUT2D eigenvalue weighted by molar-refractivity contribution is 7.20. The second kappa shape index (κ2) is 7.00. The first kappa shape index (κ1) is 18.4. The predicted molar refractivity (Wildman–Crippen MR) is 114 cm³/mol. The Balaban J connectivity index is 1.64. The summed E-state index contributed by atoms with van der Waals surface area (Å²) >= 11 is 1.39. The van der Waals surface area contributed by atoms with Crippen molar-refractivity contribution >= 4 is 21.6 Å². The molecular weight excluding hydrogens is 400 g/mol. The lowest BCUT2D eigenvalue weighted by atomic mass is 10.1. The average Bonchev–Trinajstić information content (AvgIpc) is 3.32. The number of fused-ring (bicyclic) bond motifs is 2. The number of benzene rings is 2. The van der Waals surface area contributed by atoms with E-state index in [2.05, 4.69) is 10.1 Å². The fourth-order valence-electron chi connectivity index (χ4n) is 3.59. The van der Waals surface area contributed by atoms with E-state index in [0.29, 0.717) is 34.4 Å². The molecule has 5 rings (SSSR count). The highest BCUT2D eigenvalue weighted by Crippen LogP contribution is 2.29. The maximum absolute atomic E-state index is 13.2. The minimum absolute atomic E-state index is 0.211. The van der Waals surface area contributed by atoms with Crippen LogP contribution in [0.4, 0.5) is 0 Å². The molecule has 0 aliphatic carbocycles. The summed E-state index contributed by atoms with van der Waals surface area (Å²) in [6, 6.07) is 16.6. The maximum atomic E-state index is 13.2. The highest BCUT2D eigenvalue weighted by Gasteiger charge is 2.22. The molecule has 150 valence electrons. The van der Waals surface area contributed by atoms with Crippen LogP contribution in [0.5, 0.6) is 11.6 Å². The first-order valence-corrected chi connectivity index (χ1v) is 10.2. The molecule has 7 nitrogen and oxygen atoms in total. The molecule has 0 saturated heterocycles. The lowest BCUT2D eigenvalue weighted by molar-refractivity contribution is -0.279. The molecule has 8 heteroatoms. The smallest absolute Gasteiger partial charge is 0.284 e. The number of pyridine rings is 1. The predicted octanol–water partition coefficient (Wildman–Crippen LogP) is 3.19. The summed E-state index contributed by atoms with van der Waals surface area (Å²) in [5, 5.41) is 17.7. The minimum atomic E-state index is -0.277. The number of thiazole rings is 1. The van der Waals surface area contributed by atoms with Gasteiger partial charge in [-0.05, 0) is 48.7 Å². The Bertz CT molecular complexity index is 1380. The molecule has 2 aliphatic rings. The van der Waals surface area contributed by atoms with Gasteiger partial charge in [0, 0.05) is 12.2 Å². The van der Waals surface area contributed by atoms with E-state index in [1.165, 1.54) is 22.1 Å². The number of nitrogens with zero attached hydrogens (tertiary/aromatic N) is 4. The van der Waals surface area contributed by atoms with Gasteiger partial charge in [0.05, 0.1) is 28.6 Å². The summed E-state index contributed by atoms with van der Waals surface area (Å²) in [4.78, 5) is 17.7. The van der Waals surface area contributed by atoms with E-state index < -0.39 is 0 Å². The van der Waals surface area contributed by atoms with Crippen molar-refractivity contribution in [1.82, 2.24) is 19.3 Å². The molecule has 0 radical (unpaired) electrons. The van der Waals surface area contributed by atoms with E-state index in [9.17, 15) is 9.90 Å². The van der Waals surface area contributed by atoms with Gasteiger partial charge >= 0.3 is 0 Å². The van der Waals surface area contributed by atoms with Crippen molar-refractivity contribution in [3.05, 3.63) is 76.2 Å². The van der Waals surface area contributed by atoms with Crippen LogP contribution in [0.1, 0.15) is 11.3 Å². The summed E-state index contributed by atoms with van der Waals surface area (Å²) < 4.78 is 9.11. The second-order valence-electron chi connectivity index (χ2n) is 6.95. The van der Waals surface area contributed by atoms with Crippen LogP contribution < -0.4 is 15.4 Å². The summed E-state index contributed by atoms with van der Waals surface area (Å²) in [6.45, 7) is 2.11. The Morgan fingerprint density at radius 3 is 2.77 bits per heavy atom. The van der Waals surface area contributed by atoms with E-state index >= 15 is 0 Å². The molecule has 1 aromatic heterocycles. The summed E-state index contributed by atoms with van der Waals surface area (Å²) in [7, 11) is 1.60. The molecule has 3 aromatic rings. The third-order valence-corrected chi connectivity index (χ3v) is 6.11. The van der Waals surface area contributed by atoms with Gasteiger partial charge in [-0.3, -0.25) is 4.79 Å². The molecule has 0 spiro atoms. The Kier molecular flexibility index (Phi) is 4.29. The summed E-state index contributed by atoms with van der Waals surface area (Å²) in [5.41, 5.74) is 2.83. The topological polar surface area (TPSA) is 85.0 Å². The van der Waals surface area contributed by atoms with Gasteiger partial charge in [0.15, 0.2) is 0 Å². The van der Waals surface area contributed by atoms with Crippen LogP contribution in [0.2, 0.25) is 0 Å². The van der Waals surface area contributed by atoms with Gasteiger partial charge in [-0.1, -0.05) is 35.6 Å². The zero-order valence-electron chi connectivity index (χ0n) is 16.3. The Morgan fingerprint density at radius 1 is 1.13 bits per heavy atom. The molecule has 30 heavy (non-hydrogen) atoms. The van der Waals surface area contributed by atoms with Crippen molar-refractivity contribution in [3.63, 3.8) is 0 Å². The Morgan fingerprint density at radius 2 is 1.97 bits per heavy atom. The number of methoxy groups -OCH3 is 1. The van der Waals surface area contributed by atoms with E-state index in [1.807, 2.05) is 48.5 Å². The number of hydrogen-bond acceptors (Lipinski definition) is 6. The average molecular weight is 417 g/mol. The third-order valence-electron chi connectivity index (χ3n) is 5.10. The quantitative estimate of drug-likeness (QED) is 0.448. The van der Waals surface area contributed by atoms with Crippen molar-refractivity contribution in [1.29, 1.82) is 0 Å². The molecule has 0 unspecified atom stereocenters. The molecule has 3 heterocycles. The van der Waals surface area contributed by atoms with Crippen molar-refractivity contribution < 1.29 is 9.84 Å². The fourth-order valence-corrected chi connectivity index (χ4v) is 4.50. The number of aromatic nitrogens is 4. The van der Waals surface area contributed by atoms with Crippen LogP contribution in [0.15, 0.2) is 59.4 Å². The zero-order valence-corrected chi connectivity index (χ0v) is 17.1. The van der Waals surface area contributed by atoms with Gasteiger partial charge in [-0.25, -0.2) is 4.98 Å². The zero-order chi connectivity index (χ0) is 20.8. The van der Waals surface area contributed by atoms with Crippen molar-refractivity contribution in [2.45, 2.75) is 13.5 Å².